The van der Waals surface area contributed by atoms with E-state index in [0.717, 1.165) is 25.0 Å². The van der Waals surface area contributed by atoms with Gasteiger partial charge in [0.25, 0.3) is 0 Å². The fourth-order valence-electron chi connectivity index (χ4n) is 4.04. The number of halogens is 1. The minimum atomic E-state index is -0.411. The SMILES string of the molecule is COC(=O)[C@@H]1CCC[C@H]1NCC(=O)Nc1c(C#N)c(C)c(C)n1-c1cccc(F)c1. The number of nitriles is 1. The Morgan fingerprint density at radius 3 is 2.77 bits per heavy atom. The summed E-state index contributed by atoms with van der Waals surface area (Å²) in [6, 6.07) is 7.97. The second kappa shape index (κ2) is 9.09. The topological polar surface area (TPSA) is 96.2 Å². The predicted molar refractivity (Wildman–Crippen MR) is 110 cm³/mol. The van der Waals surface area contributed by atoms with Crippen LogP contribution in [0.1, 0.15) is 36.1 Å². The molecule has 1 fully saturated rings. The van der Waals surface area contributed by atoms with Gasteiger partial charge in [-0.2, -0.15) is 5.26 Å². The first-order valence-electron chi connectivity index (χ1n) is 9.86. The first-order chi connectivity index (χ1) is 14.4. The summed E-state index contributed by atoms with van der Waals surface area (Å²) in [6.07, 6.45) is 2.40. The van der Waals surface area contributed by atoms with Crippen LogP contribution in [0.25, 0.3) is 5.69 Å². The number of hydrogen-bond acceptors (Lipinski definition) is 5. The van der Waals surface area contributed by atoms with Crippen molar-refractivity contribution < 1.29 is 18.7 Å². The summed E-state index contributed by atoms with van der Waals surface area (Å²) in [7, 11) is 1.36. The second-order valence-electron chi connectivity index (χ2n) is 7.46. The van der Waals surface area contributed by atoms with Gasteiger partial charge in [-0.3, -0.25) is 14.2 Å². The smallest absolute Gasteiger partial charge is 0.310 e. The van der Waals surface area contributed by atoms with Crippen molar-refractivity contribution in [1.82, 2.24) is 9.88 Å². The molecule has 1 aliphatic rings. The van der Waals surface area contributed by atoms with Crippen molar-refractivity contribution in [3.63, 3.8) is 0 Å². The zero-order valence-electron chi connectivity index (χ0n) is 17.3. The number of hydrogen-bond donors (Lipinski definition) is 2. The van der Waals surface area contributed by atoms with Crippen molar-refractivity contribution in [2.24, 2.45) is 5.92 Å². The first kappa shape index (κ1) is 21.5. The lowest BCUT2D eigenvalue weighted by molar-refractivity contribution is -0.146. The molecule has 1 aromatic heterocycles. The molecule has 1 aliphatic carbocycles. The summed E-state index contributed by atoms with van der Waals surface area (Å²) in [5.41, 5.74) is 2.30. The summed E-state index contributed by atoms with van der Waals surface area (Å²) in [5, 5.41) is 15.5. The fourth-order valence-corrected chi connectivity index (χ4v) is 4.04. The molecule has 3 rings (SSSR count). The lowest BCUT2D eigenvalue weighted by Gasteiger charge is -2.19. The van der Waals surface area contributed by atoms with Crippen LogP contribution in [0.15, 0.2) is 24.3 Å². The van der Waals surface area contributed by atoms with Crippen molar-refractivity contribution in [2.75, 3.05) is 19.0 Å². The van der Waals surface area contributed by atoms with Crippen molar-refractivity contribution >= 4 is 17.7 Å². The van der Waals surface area contributed by atoms with Gasteiger partial charge in [0.1, 0.15) is 17.7 Å². The zero-order chi connectivity index (χ0) is 21.8. The van der Waals surface area contributed by atoms with Crippen LogP contribution in [-0.2, 0) is 14.3 Å². The molecular formula is C22H25FN4O3. The molecule has 158 valence electrons. The Labute approximate surface area is 174 Å². The second-order valence-corrected chi connectivity index (χ2v) is 7.46. The fraction of sp³-hybridized carbons (Fsp3) is 0.409. The average molecular weight is 412 g/mol. The van der Waals surface area contributed by atoms with Crippen molar-refractivity contribution in [3.8, 4) is 11.8 Å². The van der Waals surface area contributed by atoms with Crippen LogP contribution >= 0.6 is 0 Å². The minimum absolute atomic E-state index is 0.0184. The first-order valence-corrected chi connectivity index (χ1v) is 9.86. The third-order valence-electron chi connectivity index (χ3n) is 5.69. The molecule has 30 heavy (non-hydrogen) atoms. The summed E-state index contributed by atoms with van der Waals surface area (Å²) in [5.74, 6) is -0.995. The van der Waals surface area contributed by atoms with Gasteiger partial charge in [-0.25, -0.2) is 4.39 Å². The lowest BCUT2D eigenvalue weighted by Crippen LogP contribution is -2.41. The lowest BCUT2D eigenvalue weighted by atomic mass is 10.0. The van der Waals surface area contributed by atoms with Gasteiger partial charge in [-0.05, 0) is 50.5 Å². The molecule has 1 aromatic carbocycles. The number of amides is 1. The number of carbonyl (C=O) groups is 2. The van der Waals surface area contributed by atoms with Crippen LogP contribution in [0, 0.1) is 36.9 Å². The number of esters is 1. The molecule has 0 spiro atoms. The number of ether oxygens (including phenoxy) is 1. The van der Waals surface area contributed by atoms with Crippen LogP contribution in [0.4, 0.5) is 10.2 Å². The number of aromatic nitrogens is 1. The third kappa shape index (κ3) is 4.21. The highest BCUT2D eigenvalue weighted by Crippen LogP contribution is 2.30. The van der Waals surface area contributed by atoms with E-state index in [1.807, 2.05) is 6.92 Å². The van der Waals surface area contributed by atoms with E-state index in [1.165, 1.54) is 19.2 Å². The van der Waals surface area contributed by atoms with Crippen LogP contribution in [0.5, 0.6) is 0 Å². The molecule has 0 saturated heterocycles. The Balaban J connectivity index is 1.81. The van der Waals surface area contributed by atoms with Gasteiger partial charge in [-0.15, -0.1) is 0 Å². The van der Waals surface area contributed by atoms with Gasteiger partial charge in [-0.1, -0.05) is 12.5 Å². The summed E-state index contributed by atoms with van der Waals surface area (Å²) >= 11 is 0. The minimum Gasteiger partial charge on any atom is -0.469 e. The molecule has 2 N–H and O–H groups in total. The predicted octanol–water partition coefficient (Wildman–Crippen LogP) is 2.97. The molecule has 1 saturated carbocycles. The zero-order valence-corrected chi connectivity index (χ0v) is 17.3. The Hall–Kier alpha value is -3.18. The number of rotatable bonds is 6. The van der Waals surface area contributed by atoms with E-state index in [1.54, 1.807) is 23.6 Å². The average Bonchev–Trinajstić information content (AvgIpc) is 3.29. The van der Waals surface area contributed by atoms with Crippen LogP contribution in [0.2, 0.25) is 0 Å². The number of anilines is 1. The Morgan fingerprint density at radius 2 is 2.10 bits per heavy atom. The number of nitrogens with one attached hydrogen (secondary N) is 2. The number of carbonyl (C=O) groups excluding carboxylic acids is 2. The van der Waals surface area contributed by atoms with E-state index < -0.39 is 5.82 Å². The van der Waals surface area contributed by atoms with Gasteiger partial charge in [0.2, 0.25) is 5.91 Å². The number of nitrogens with zero attached hydrogens (tertiary/aromatic N) is 2. The molecule has 2 atom stereocenters. The van der Waals surface area contributed by atoms with Gasteiger partial charge < -0.3 is 15.4 Å². The van der Waals surface area contributed by atoms with Gasteiger partial charge in [0.05, 0.1) is 30.8 Å². The van der Waals surface area contributed by atoms with E-state index in [0.29, 0.717) is 22.6 Å². The highest BCUT2D eigenvalue weighted by molar-refractivity contribution is 5.93. The molecule has 7 nitrogen and oxygen atoms in total. The van der Waals surface area contributed by atoms with Gasteiger partial charge in [0.15, 0.2) is 0 Å². The Morgan fingerprint density at radius 1 is 1.33 bits per heavy atom. The summed E-state index contributed by atoms with van der Waals surface area (Å²) < 4.78 is 20.3. The Bertz CT molecular complexity index is 1010. The molecule has 8 heteroatoms. The Kier molecular flexibility index (Phi) is 6.53. The van der Waals surface area contributed by atoms with E-state index in [4.69, 9.17) is 4.74 Å². The highest BCUT2D eigenvalue weighted by Gasteiger charge is 2.33. The number of methoxy groups -OCH3 is 1. The standard InChI is InChI=1S/C22H25FN4O3/c1-13-14(2)27(16-7-4-6-15(23)10-16)21(18(13)11-24)26-20(28)12-25-19-9-5-8-17(19)22(29)30-3/h4,6-7,10,17,19,25H,5,8-9,12H2,1-3H3,(H,26,28)/t17-,19-/m1/s1. The maximum atomic E-state index is 13.8. The van der Waals surface area contributed by atoms with E-state index in [-0.39, 0.29) is 30.4 Å². The molecule has 1 amide bonds. The summed E-state index contributed by atoms with van der Waals surface area (Å²) in [4.78, 5) is 24.5. The highest BCUT2D eigenvalue weighted by atomic mass is 19.1. The molecule has 0 aliphatic heterocycles. The summed E-state index contributed by atoms with van der Waals surface area (Å²) in [6.45, 7) is 3.58. The molecule has 2 aromatic rings. The maximum Gasteiger partial charge on any atom is 0.310 e. The van der Waals surface area contributed by atoms with Gasteiger partial charge >= 0.3 is 5.97 Å². The molecule has 0 unspecified atom stereocenters. The van der Waals surface area contributed by atoms with Crippen molar-refractivity contribution in [2.45, 2.75) is 39.2 Å². The monoisotopic (exact) mass is 412 g/mol. The van der Waals surface area contributed by atoms with Crippen LogP contribution < -0.4 is 10.6 Å². The normalized spacial score (nSPS) is 18.1. The van der Waals surface area contributed by atoms with Crippen molar-refractivity contribution in [3.05, 3.63) is 46.9 Å². The van der Waals surface area contributed by atoms with Crippen LogP contribution in [-0.4, -0.2) is 36.1 Å². The maximum absolute atomic E-state index is 13.8. The van der Waals surface area contributed by atoms with Crippen molar-refractivity contribution in [1.29, 1.82) is 5.26 Å². The molecule has 0 radical (unpaired) electrons. The van der Waals surface area contributed by atoms with E-state index in [9.17, 15) is 19.2 Å². The molecule has 1 heterocycles. The largest absolute Gasteiger partial charge is 0.469 e. The van der Waals surface area contributed by atoms with E-state index >= 15 is 0 Å². The van der Waals surface area contributed by atoms with Crippen LogP contribution in [0.3, 0.4) is 0 Å². The van der Waals surface area contributed by atoms with E-state index in [2.05, 4.69) is 16.7 Å². The third-order valence-corrected chi connectivity index (χ3v) is 5.69. The molecular weight excluding hydrogens is 387 g/mol. The van der Waals surface area contributed by atoms with Gasteiger partial charge in [0, 0.05) is 11.7 Å². The quantitative estimate of drug-likeness (QED) is 0.711. The number of benzene rings is 1. The molecule has 0 bridgehead atoms.